The van der Waals surface area contributed by atoms with E-state index in [1.54, 1.807) is 12.1 Å². The van der Waals surface area contributed by atoms with Crippen molar-refractivity contribution in [2.75, 3.05) is 5.43 Å². The highest BCUT2D eigenvalue weighted by molar-refractivity contribution is 6.32. The Bertz CT molecular complexity index is 709. The summed E-state index contributed by atoms with van der Waals surface area (Å²) in [6.45, 7) is 0. The van der Waals surface area contributed by atoms with E-state index in [0.29, 0.717) is 5.56 Å². The van der Waals surface area contributed by atoms with Crippen molar-refractivity contribution in [3.8, 4) is 0 Å². The number of H-pyrrole nitrogens is 1. The van der Waals surface area contributed by atoms with Gasteiger partial charge in [0.1, 0.15) is 10.7 Å². The summed E-state index contributed by atoms with van der Waals surface area (Å²) in [6.07, 6.45) is 2.79. The number of hydrogen-bond donors (Lipinski definition) is 3. The number of hydrazone groups is 1. The van der Waals surface area contributed by atoms with E-state index in [4.69, 9.17) is 16.7 Å². The molecular formula is C12H9ClN4O3. The first-order valence-corrected chi connectivity index (χ1v) is 5.81. The van der Waals surface area contributed by atoms with Crippen LogP contribution in [0.4, 0.5) is 5.69 Å². The van der Waals surface area contributed by atoms with Crippen molar-refractivity contribution in [1.29, 1.82) is 0 Å². The number of carboxylic acids is 1. The number of benzene rings is 1. The highest BCUT2D eigenvalue weighted by Gasteiger charge is 2.03. The first-order chi connectivity index (χ1) is 9.58. The fourth-order valence-corrected chi connectivity index (χ4v) is 1.48. The van der Waals surface area contributed by atoms with Gasteiger partial charge in [0.05, 0.1) is 18.0 Å². The molecular weight excluding hydrogens is 284 g/mol. The number of rotatable bonds is 4. The van der Waals surface area contributed by atoms with Crippen LogP contribution in [0.25, 0.3) is 0 Å². The van der Waals surface area contributed by atoms with Gasteiger partial charge in [0.15, 0.2) is 0 Å². The quantitative estimate of drug-likeness (QED) is 0.585. The van der Waals surface area contributed by atoms with Crippen LogP contribution in [0.3, 0.4) is 0 Å². The average Bonchev–Trinajstić information content (AvgIpc) is 2.44. The lowest BCUT2D eigenvalue weighted by Crippen LogP contribution is -2.10. The zero-order valence-electron chi connectivity index (χ0n) is 10.0. The van der Waals surface area contributed by atoms with Gasteiger partial charge in [-0.15, -0.1) is 0 Å². The molecule has 1 heterocycles. The summed E-state index contributed by atoms with van der Waals surface area (Å²) >= 11 is 5.75. The standard InChI is InChI=1S/C12H9ClN4O3/c13-10-9(6-15-17-11(10)18)16-14-5-7-1-3-8(4-2-7)12(19)20/h1-6H,(H,19,20)(H2,16,17,18)/b14-5+. The number of nitrogens with one attached hydrogen (secondary N) is 2. The number of hydrogen-bond acceptors (Lipinski definition) is 5. The van der Waals surface area contributed by atoms with Gasteiger partial charge in [-0.05, 0) is 17.7 Å². The van der Waals surface area contributed by atoms with Gasteiger partial charge in [-0.2, -0.15) is 10.2 Å². The monoisotopic (exact) mass is 292 g/mol. The number of carboxylic acid groups (broad SMARTS) is 1. The van der Waals surface area contributed by atoms with Gasteiger partial charge in [0.2, 0.25) is 0 Å². The number of nitrogens with zero attached hydrogens (tertiary/aromatic N) is 2. The van der Waals surface area contributed by atoms with Crippen LogP contribution in [0.5, 0.6) is 0 Å². The Morgan fingerprint density at radius 1 is 1.40 bits per heavy atom. The van der Waals surface area contributed by atoms with Gasteiger partial charge in [-0.3, -0.25) is 10.2 Å². The molecule has 0 amide bonds. The van der Waals surface area contributed by atoms with Crippen molar-refractivity contribution in [1.82, 2.24) is 10.2 Å². The van der Waals surface area contributed by atoms with E-state index in [-0.39, 0.29) is 16.3 Å². The van der Waals surface area contributed by atoms with Crippen molar-refractivity contribution in [3.05, 3.63) is 57.0 Å². The molecule has 0 saturated carbocycles. The Morgan fingerprint density at radius 2 is 2.10 bits per heavy atom. The lowest BCUT2D eigenvalue weighted by molar-refractivity contribution is 0.0697. The number of aromatic nitrogens is 2. The molecule has 0 bridgehead atoms. The molecule has 2 aromatic rings. The van der Waals surface area contributed by atoms with E-state index in [1.807, 2.05) is 0 Å². The summed E-state index contributed by atoms with van der Waals surface area (Å²) in [6, 6.07) is 6.13. The molecule has 3 N–H and O–H groups in total. The number of carbonyl (C=O) groups is 1. The Balaban J connectivity index is 2.08. The van der Waals surface area contributed by atoms with E-state index < -0.39 is 11.5 Å². The summed E-state index contributed by atoms with van der Waals surface area (Å²) in [7, 11) is 0. The third-order valence-corrected chi connectivity index (χ3v) is 2.73. The first-order valence-electron chi connectivity index (χ1n) is 5.43. The van der Waals surface area contributed by atoms with Crippen molar-refractivity contribution >= 4 is 29.5 Å². The molecule has 7 nitrogen and oxygen atoms in total. The minimum absolute atomic E-state index is 0.0432. The SMILES string of the molecule is O=C(O)c1ccc(/C=N/Nc2cn[nH]c(=O)c2Cl)cc1. The summed E-state index contributed by atoms with van der Waals surface area (Å²) in [5.41, 5.74) is 3.22. The molecule has 1 aromatic carbocycles. The van der Waals surface area contributed by atoms with E-state index >= 15 is 0 Å². The van der Waals surface area contributed by atoms with Crippen LogP contribution in [-0.2, 0) is 0 Å². The second kappa shape index (κ2) is 5.98. The fraction of sp³-hybridized carbons (Fsp3) is 0. The van der Waals surface area contributed by atoms with E-state index in [2.05, 4.69) is 20.7 Å². The molecule has 0 atom stereocenters. The molecule has 2 rings (SSSR count). The Hall–Kier alpha value is -2.67. The van der Waals surface area contributed by atoms with Gasteiger partial charge in [0.25, 0.3) is 5.56 Å². The summed E-state index contributed by atoms with van der Waals surface area (Å²) in [5, 5.41) is 18.4. The van der Waals surface area contributed by atoms with Gasteiger partial charge < -0.3 is 5.11 Å². The topological polar surface area (TPSA) is 107 Å². The Kier molecular flexibility index (Phi) is 4.11. The lowest BCUT2D eigenvalue weighted by Gasteiger charge is -2.00. The summed E-state index contributed by atoms with van der Waals surface area (Å²) in [5.74, 6) is -0.993. The highest BCUT2D eigenvalue weighted by atomic mass is 35.5. The molecule has 0 aliphatic carbocycles. The van der Waals surface area contributed by atoms with E-state index in [0.717, 1.165) is 0 Å². The lowest BCUT2D eigenvalue weighted by atomic mass is 10.1. The molecule has 0 radical (unpaired) electrons. The number of anilines is 1. The van der Waals surface area contributed by atoms with Crippen molar-refractivity contribution < 1.29 is 9.90 Å². The van der Waals surface area contributed by atoms with Crippen LogP contribution in [0.1, 0.15) is 15.9 Å². The fourth-order valence-electron chi connectivity index (χ4n) is 1.35. The molecule has 8 heteroatoms. The molecule has 0 aliphatic rings. The largest absolute Gasteiger partial charge is 0.478 e. The zero-order chi connectivity index (χ0) is 14.5. The van der Waals surface area contributed by atoms with E-state index in [1.165, 1.54) is 24.5 Å². The van der Waals surface area contributed by atoms with Crippen LogP contribution >= 0.6 is 11.6 Å². The normalized spacial score (nSPS) is 10.7. The molecule has 0 saturated heterocycles. The first kappa shape index (κ1) is 13.8. The summed E-state index contributed by atoms with van der Waals surface area (Å²) in [4.78, 5) is 21.9. The third-order valence-electron chi connectivity index (χ3n) is 2.35. The highest BCUT2D eigenvalue weighted by Crippen LogP contribution is 2.13. The minimum atomic E-state index is -0.993. The van der Waals surface area contributed by atoms with E-state index in [9.17, 15) is 9.59 Å². The van der Waals surface area contributed by atoms with Gasteiger partial charge in [-0.25, -0.2) is 9.89 Å². The van der Waals surface area contributed by atoms with Crippen molar-refractivity contribution in [2.24, 2.45) is 5.10 Å². The second-order valence-corrected chi connectivity index (χ2v) is 4.10. The molecule has 1 aromatic heterocycles. The molecule has 0 fully saturated rings. The van der Waals surface area contributed by atoms with Gasteiger partial charge >= 0.3 is 5.97 Å². The molecule has 0 spiro atoms. The van der Waals surface area contributed by atoms with Crippen LogP contribution in [-0.4, -0.2) is 27.5 Å². The van der Waals surface area contributed by atoms with Crippen LogP contribution in [0, 0.1) is 0 Å². The maximum Gasteiger partial charge on any atom is 0.335 e. The second-order valence-electron chi connectivity index (χ2n) is 3.72. The van der Waals surface area contributed by atoms with Crippen LogP contribution in [0.2, 0.25) is 5.02 Å². The third kappa shape index (κ3) is 3.21. The zero-order valence-corrected chi connectivity index (χ0v) is 10.8. The van der Waals surface area contributed by atoms with Crippen LogP contribution in [0.15, 0.2) is 40.4 Å². The smallest absolute Gasteiger partial charge is 0.335 e. The maximum absolute atomic E-state index is 11.2. The average molecular weight is 293 g/mol. The molecule has 0 aliphatic heterocycles. The molecule has 20 heavy (non-hydrogen) atoms. The van der Waals surface area contributed by atoms with Crippen molar-refractivity contribution in [3.63, 3.8) is 0 Å². The maximum atomic E-state index is 11.2. The van der Waals surface area contributed by atoms with Gasteiger partial charge in [-0.1, -0.05) is 23.7 Å². The van der Waals surface area contributed by atoms with Crippen LogP contribution < -0.4 is 11.0 Å². The molecule has 102 valence electrons. The molecule has 0 unspecified atom stereocenters. The predicted molar refractivity (Wildman–Crippen MR) is 74.5 cm³/mol. The predicted octanol–water partition coefficient (Wildman–Crippen LogP) is 1.57. The number of aromatic carboxylic acids is 1. The summed E-state index contributed by atoms with van der Waals surface area (Å²) < 4.78 is 0. The number of halogens is 1. The van der Waals surface area contributed by atoms with Gasteiger partial charge in [0, 0.05) is 0 Å². The number of aromatic amines is 1. The van der Waals surface area contributed by atoms with Crippen molar-refractivity contribution in [2.45, 2.75) is 0 Å². The Labute approximate surface area is 117 Å². The minimum Gasteiger partial charge on any atom is -0.478 e. The Morgan fingerprint density at radius 3 is 2.75 bits per heavy atom.